The van der Waals surface area contributed by atoms with Gasteiger partial charge >= 0.3 is 0 Å². The number of nitrogens with zero attached hydrogens (tertiary/aromatic N) is 2. The number of thiazole rings is 1. The predicted octanol–water partition coefficient (Wildman–Crippen LogP) is 3.58. The summed E-state index contributed by atoms with van der Waals surface area (Å²) in [6, 6.07) is 7.89. The van der Waals surface area contributed by atoms with Gasteiger partial charge in [-0.25, -0.2) is 4.98 Å². The summed E-state index contributed by atoms with van der Waals surface area (Å²) in [5, 5.41) is 4.47. The van der Waals surface area contributed by atoms with Gasteiger partial charge in [0, 0.05) is 35.4 Å². The molecular formula is C16H19N3S. The molecule has 2 aromatic rings. The Morgan fingerprint density at radius 3 is 2.85 bits per heavy atom. The molecule has 0 spiro atoms. The average Bonchev–Trinajstić information content (AvgIpc) is 2.95. The molecule has 0 aliphatic heterocycles. The van der Waals surface area contributed by atoms with Crippen LogP contribution in [0, 0.1) is 12.3 Å². The Balaban J connectivity index is 1.99. The van der Waals surface area contributed by atoms with E-state index in [0.29, 0.717) is 0 Å². The van der Waals surface area contributed by atoms with Crippen molar-refractivity contribution in [3.63, 3.8) is 0 Å². The number of nitrogens with one attached hydrogen (secondary N) is 1. The number of terminal acetylenes is 1. The normalized spacial score (nSPS) is 10.1. The lowest BCUT2D eigenvalue weighted by molar-refractivity contribution is 0.860. The summed E-state index contributed by atoms with van der Waals surface area (Å²) in [5.41, 5.74) is 1.93. The molecule has 3 nitrogen and oxygen atoms in total. The summed E-state index contributed by atoms with van der Waals surface area (Å²) in [6.45, 7) is 7.04. The molecule has 0 unspecified atom stereocenters. The Hall–Kier alpha value is -1.99. The smallest absolute Gasteiger partial charge is 0.185 e. The van der Waals surface area contributed by atoms with Crippen molar-refractivity contribution >= 4 is 22.2 Å². The van der Waals surface area contributed by atoms with Gasteiger partial charge < -0.3 is 10.2 Å². The van der Waals surface area contributed by atoms with E-state index in [4.69, 9.17) is 6.42 Å². The second-order valence-corrected chi connectivity index (χ2v) is 5.45. The maximum atomic E-state index is 5.40. The third kappa shape index (κ3) is 3.52. The Labute approximate surface area is 124 Å². The van der Waals surface area contributed by atoms with E-state index in [0.717, 1.165) is 36.0 Å². The highest BCUT2D eigenvalue weighted by atomic mass is 32.1. The molecule has 0 fully saturated rings. The van der Waals surface area contributed by atoms with Crippen LogP contribution in [0.5, 0.6) is 0 Å². The predicted molar refractivity (Wildman–Crippen MR) is 87.4 cm³/mol. The van der Waals surface area contributed by atoms with Crippen molar-refractivity contribution in [2.45, 2.75) is 20.4 Å². The van der Waals surface area contributed by atoms with Crippen molar-refractivity contribution in [1.29, 1.82) is 0 Å². The van der Waals surface area contributed by atoms with Crippen LogP contribution in [0.4, 0.5) is 10.8 Å². The van der Waals surface area contributed by atoms with Gasteiger partial charge in [0.25, 0.3) is 0 Å². The molecule has 0 atom stereocenters. The largest absolute Gasteiger partial charge is 0.380 e. The van der Waals surface area contributed by atoms with Crippen molar-refractivity contribution in [2.24, 2.45) is 0 Å². The van der Waals surface area contributed by atoms with E-state index in [-0.39, 0.29) is 0 Å². The van der Waals surface area contributed by atoms with Crippen molar-refractivity contribution < 1.29 is 0 Å². The summed E-state index contributed by atoms with van der Waals surface area (Å²) in [6.07, 6.45) is 7.34. The van der Waals surface area contributed by atoms with Crippen molar-refractivity contribution in [1.82, 2.24) is 4.98 Å². The van der Waals surface area contributed by atoms with Crippen LogP contribution in [0.25, 0.3) is 0 Å². The fourth-order valence-corrected chi connectivity index (χ4v) is 2.90. The number of hydrogen-bond donors (Lipinski definition) is 1. The van der Waals surface area contributed by atoms with Crippen LogP contribution >= 0.6 is 11.3 Å². The molecule has 0 radical (unpaired) electrons. The Morgan fingerprint density at radius 1 is 1.35 bits per heavy atom. The van der Waals surface area contributed by atoms with Gasteiger partial charge in [0.1, 0.15) is 0 Å². The van der Waals surface area contributed by atoms with E-state index in [1.807, 2.05) is 30.5 Å². The highest BCUT2D eigenvalue weighted by Crippen LogP contribution is 2.23. The van der Waals surface area contributed by atoms with Gasteiger partial charge in [-0.3, -0.25) is 0 Å². The van der Waals surface area contributed by atoms with Crippen LogP contribution in [-0.2, 0) is 6.54 Å². The average molecular weight is 285 g/mol. The maximum absolute atomic E-state index is 5.40. The second-order valence-electron chi connectivity index (χ2n) is 4.36. The van der Waals surface area contributed by atoms with E-state index in [2.05, 4.69) is 35.0 Å². The Kier molecular flexibility index (Phi) is 5.03. The molecule has 1 N–H and O–H groups in total. The molecule has 104 valence electrons. The third-order valence-electron chi connectivity index (χ3n) is 3.07. The van der Waals surface area contributed by atoms with E-state index in [9.17, 15) is 0 Å². The Bertz CT molecular complexity index is 594. The zero-order chi connectivity index (χ0) is 14.4. The van der Waals surface area contributed by atoms with Crippen LogP contribution in [0.3, 0.4) is 0 Å². The van der Waals surface area contributed by atoms with E-state index < -0.39 is 0 Å². The zero-order valence-electron chi connectivity index (χ0n) is 11.9. The fraction of sp³-hybridized carbons (Fsp3) is 0.312. The maximum Gasteiger partial charge on any atom is 0.185 e. The SMILES string of the molecule is C#Cc1cccc(NCc2cnc(N(CC)CC)s2)c1. The monoisotopic (exact) mass is 285 g/mol. The standard InChI is InChI=1S/C16H19N3S/c1-4-13-8-7-9-14(10-13)17-11-15-12-18-16(20-15)19(5-2)6-3/h1,7-10,12,17H,5-6,11H2,2-3H3. The summed E-state index contributed by atoms with van der Waals surface area (Å²) < 4.78 is 0. The molecule has 20 heavy (non-hydrogen) atoms. The number of anilines is 2. The van der Waals surface area contributed by atoms with Crippen LogP contribution in [0.2, 0.25) is 0 Å². The van der Waals surface area contributed by atoms with Gasteiger partial charge in [-0.05, 0) is 32.0 Å². The van der Waals surface area contributed by atoms with Crippen LogP contribution < -0.4 is 10.2 Å². The minimum absolute atomic E-state index is 0.771. The summed E-state index contributed by atoms with van der Waals surface area (Å²) in [4.78, 5) is 7.95. The molecule has 2 rings (SSSR count). The topological polar surface area (TPSA) is 28.2 Å². The molecule has 4 heteroatoms. The molecule has 0 amide bonds. The first-order chi connectivity index (χ1) is 9.76. The van der Waals surface area contributed by atoms with E-state index in [1.165, 1.54) is 4.88 Å². The first-order valence-electron chi connectivity index (χ1n) is 6.77. The van der Waals surface area contributed by atoms with Crippen LogP contribution in [0.1, 0.15) is 24.3 Å². The van der Waals surface area contributed by atoms with Crippen molar-refractivity contribution in [3.8, 4) is 12.3 Å². The molecule has 0 saturated carbocycles. The lowest BCUT2D eigenvalue weighted by Gasteiger charge is -2.16. The second kappa shape index (κ2) is 6.97. The highest BCUT2D eigenvalue weighted by molar-refractivity contribution is 7.15. The summed E-state index contributed by atoms with van der Waals surface area (Å²) >= 11 is 1.73. The molecule has 0 aliphatic carbocycles. The van der Waals surface area contributed by atoms with Gasteiger partial charge in [0.05, 0.1) is 6.54 Å². The van der Waals surface area contributed by atoms with Crippen molar-refractivity contribution in [3.05, 3.63) is 40.9 Å². The molecule has 0 bridgehead atoms. The number of benzene rings is 1. The molecule has 0 saturated heterocycles. The van der Waals surface area contributed by atoms with Gasteiger partial charge in [-0.2, -0.15) is 0 Å². The molecule has 1 aromatic carbocycles. The molecule has 1 aromatic heterocycles. The molecule has 1 heterocycles. The fourth-order valence-electron chi connectivity index (χ4n) is 1.93. The quantitative estimate of drug-likeness (QED) is 0.822. The van der Waals surface area contributed by atoms with Crippen molar-refractivity contribution in [2.75, 3.05) is 23.3 Å². The van der Waals surface area contributed by atoms with Gasteiger partial charge in [0.2, 0.25) is 0 Å². The Morgan fingerprint density at radius 2 is 2.15 bits per heavy atom. The van der Waals surface area contributed by atoms with Crippen LogP contribution in [0.15, 0.2) is 30.5 Å². The summed E-state index contributed by atoms with van der Waals surface area (Å²) in [5.74, 6) is 2.64. The lowest BCUT2D eigenvalue weighted by Crippen LogP contribution is -2.21. The minimum Gasteiger partial charge on any atom is -0.380 e. The van der Waals surface area contributed by atoms with Gasteiger partial charge in [-0.1, -0.05) is 12.0 Å². The minimum atomic E-state index is 0.771. The van der Waals surface area contributed by atoms with Gasteiger partial charge in [0.15, 0.2) is 5.13 Å². The third-order valence-corrected chi connectivity index (χ3v) is 4.13. The number of aromatic nitrogens is 1. The first-order valence-corrected chi connectivity index (χ1v) is 7.58. The number of rotatable bonds is 6. The van der Waals surface area contributed by atoms with Crippen LogP contribution in [-0.4, -0.2) is 18.1 Å². The molecule has 0 aliphatic rings. The summed E-state index contributed by atoms with van der Waals surface area (Å²) in [7, 11) is 0. The highest BCUT2D eigenvalue weighted by Gasteiger charge is 2.07. The number of hydrogen-bond acceptors (Lipinski definition) is 4. The first kappa shape index (κ1) is 14.4. The lowest BCUT2D eigenvalue weighted by atomic mass is 10.2. The van der Waals surface area contributed by atoms with Gasteiger partial charge in [-0.15, -0.1) is 17.8 Å². The molecular weight excluding hydrogens is 266 g/mol. The van der Waals surface area contributed by atoms with E-state index >= 15 is 0 Å². The van der Waals surface area contributed by atoms with E-state index in [1.54, 1.807) is 11.3 Å². The zero-order valence-corrected chi connectivity index (χ0v) is 12.7.